The Balaban J connectivity index is 2.90. The van der Waals surface area contributed by atoms with Gasteiger partial charge in [0.25, 0.3) is 0 Å². The quantitative estimate of drug-likeness (QED) is 0.867. The van der Waals surface area contributed by atoms with Crippen LogP contribution < -0.4 is 5.73 Å². The Labute approximate surface area is 108 Å². The summed E-state index contributed by atoms with van der Waals surface area (Å²) in [6, 6.07) is 5.58. The van der Waals surface area contributed by atoms with Crippen LogP contribution >= 0.6 is 23.2 Å². The zero-order valence-electron chi connectivity index (χ0n) is 10.1. The van der Waals surface area contributed by atoms with Crippen molar-refractivity contribution in [3.05, 3.63) is 33.8 Å². The van der Waals surface area contributed by atoms with Crippen LogP contribution in [0.4, 0.5) is 0 Å². The van der Waals surface area contributed by atoms with Crippen LogP contribution in [0.5, 0.6) is 0 Å². The van der Waals surface area contributed by atoms with Gasteiger partial charge in [-0.3, -0.25) is 0 Å². The van der Waals surface area contributed by atoms with Crippen molar-refractivity contribution in [3.63, 3.8) is 0 Å². The van der Waals surface area contributed by atoms with Gasteiger partial charge in [0.2, 0.25) is 0 Å². The van der Waals surface area contributed by atoms with Gasteiger partial charge in [0.05, 0.1) is 0 Å². The van der Waals surface area contributed by atoms with E-state index in [4.69, 9.17) is 28.9 Å². The van der Waals surface area contributed by atoms with Crippen molar-refractivity contribution in [2.24, 2.45) is 17.1 Å². The molecule has 0 heterocycles. The van der Waals surface area contributed by atoms with Crippen molar-refractivity contribution in [2.45, 2.75) is 27.2 Å². The average molecular weight is 260 g/mol. The second-order valence-corrected chi connectivity index (χ2v) is 6.08. The molecule has 0 aliphatic heterocycles. The van der Waals surface area contributed by atoms with Crippen molar-refractivity contribution in [1.82, 2.24) is 0 Å². The molecular formula is C13H19Cl2N. The summed E-state index contributed by atoms with van der Waals surface area (Å²) in [6.07, 6.45) is 0.874. The first-order chi connectivity index (χ1) is 7.34. The van der Waals surface area contributed by atoms with Crippen LogP contribution in [0.25, 0.3) is 0 Å². The van der Waals surface area contributed by atoms with Crippen LogP contribution in [-0.4, -0.2) is 6.54 Å². The summed E-state index contributed by atoms with van der Waals surface area (Å²) in [6.45, 7) is 7.25. The van der Waals surface area contributed by atoms with E-state index in [0.717, 1.165) is 22.0 Å². The molecule has 0 spiro atoms. The van der Waals surface area contributed by atoms with Gasteiger partial charge < -0.3 is 5.73 Å². The smallest absolute Gasteiger partial charge is 0.0439 e. The van der Waals surface area contributed by atoms with Gasteiger partial charge >= 0.3 is 0 Å². The third-order valence-corrected chi connectivity index (χ3v) is 3.59. The van der Waals surface area contributed by atoms with E-state index in [1.165, 1.54) is 0 Å². The highest BCUT2D eigenvalue weighted by Gasteiger charge is 2.24. The molecule has 0 saturated carbocycles. The standard InChI is InChI=1S/C13H19Cl2N/c1-13(2,3)10(8-16)6-9-7-11(14)4-5-12(9)15/h4-5,7,10H,6,8,16H2,1-3H3. The Morgan fingerprint density at radius 2 is 1.88 bits per heavy atom. The van der Waals surface area contributed by atoms with Gasteiger partial charge in [-0.1, -0.05) is 44.0 Å². The molecule has 1 aromatic carbocycles. The van der Waals surface area contributed by atoms with Crippen LogP contribution in [0.2, 0.25) is 10.0 Å². The van der Waals surface area contributed by atoms with E-state index in [2.05, 4.69) is 20.8 Å². The van der Waals surface area contributed by atoms with Crippen molar-refractivity contribution < 1.29 is 0 Å². The largest absolute Gasteiger partial charge is 0.330 e. The number of hydrogen-bond donors (Lipinski definition) is 1. The van der Waals surface area contributed by atoms with E-state index < -0.39 is 0 Å². The number of rotatable bonds is 3. The summed E-state index contributed by atoms with van der Waals surface area (Å²) in [4.78, 5) is 0. The molecule has 1 rings (SSSR count). The fourth-order valence-electron chi connectivity index (χ4n) is 1.71. The minimum Gasteiger partial charge on any atom is -0.330 e. The molecule has 0 aliphatic rings. The summed E-state index contributed by atoms with van der Waals surface area (Å²) in [7, 11) is 0. The highest BCUT2D eigenvalue weighted by Crippen LogP contribution is 2.31. The topological polar surface area (TPSA) is 26.0 Å². The van der Waals surface area contributed by atoms with E-state index >= 15 is 0 Å². The highest BCUT2D eigenvalue weighted by atomic mass is 35.5. The van der Waals surface area contributed by atoms with E-state index in [1.807, 2.05) is 18.2 Å². The first-order valence-electron chi connectivity index (χ1n) is 5.48. The summed E-state index contributed by atoms with van der Waals surface area (Å²) >= 11 is 12.1. The third-order valence-electron chi connectivity index (χ3n) is 2.98. The molecule has 16 heavy (non-hydrogen) atoms. The van der Waals surface area contributed by atoms with Gasteiger partial charge in [0.15, 0.2) is 0 Å². The molecule has 1 nitrogen and oxygen atoms in total. The second-order valence-electron chi connectivity index (χ2n) is 5.24. The summed E-state index contributed by atoms with van der Waals surface area (Å²) in [5.74, 6) is 0.406. The number of hydrogen-bond acceptors (Lipinski definition) is 1. The molecule has 0 aromatic heterocycles. The van der Waals surface area contributed by atoms with Crippen LogP contribution in [-0.2, 0) is 6.42 Å². The SMILES string of the molecule is CC(C)(C)C(CN)Cc1cc(Cl)ccc1Cl. The molecule has 0 saturated heterocycles. The lowest BCUT2D eigenvalue weighted by Gasteiger charge is -2.30. The molecule has 1 atom stereocenters. The third kappa shape index (κ3) is 3.65. The van der Waals surface area contributed by atoms with Crippen molar-refractivity contribution >= 4 is 23.2 Å². The maximum atomic E-state index is 6.15. The zero-order valence-corrected chi connectivity index (χ0v) is 11.6. The number of nitrogens with two attached hydrogens (primary N) is 1. The van der Waals surface area contributed by atoms with Gasteiger partial charge in [-0.15, -0.1) is 0 Å². The van der Waals surface area contributed by atoms with Gasteiger partial charge in [0, 0.05) is 10.0 Å². The Morgan fingerprint density at radius 3 is 2.38 bits per heavy atom. The predicted octanol–water partition coefficient (Wildman–Crippen LogP) is 4.16. The molecule has 90 valence electrons. The molecule has 0 fully saturated rings. The van der Waals surface area contributed by atoms with Crippen LogP contribution in [0.3, 0.4) is 0 Å². The molecule has 1 aromatic rings. The van der Waals surface area contributed by atoms with Gasteiger partial charge in [-0.25, -0.2) is 0 Å². The van der Waals surface area contributed by atoms with E-state index in [-0.39, 0.29) is 5.41 Å². The summed E-state index contributed by atoms with van der Waals surface area (Å²) in [5.41, 5.74) is 7.08. The fourth-order valence-corrected chi connectivity index (χ4v) is 2.10. The predicted molar refractivity (Wildman–Crippen MR) is 72.2 cm³/mol. The molecule has 1 unspecified atom stereocenters. The average Bonchev–Trinajstić information content (AvgIpc) is 2.17. The van der Waals surface area contributed by atoms with E-state index in [0.29, 0.717) is 12.5 Å². The number of halogens is 2. The molecule has 0 radical (unpaired) electrons. The van der Waals surface area contributed by atoms with Gasteiger partial charge in [-0.2, -0.15) is 0 Å². The number of benzene rings is 1. The van der Waals surface area contributed by atoms with Gasteiger partial charge in [0.1, 0.15) is 0 Å². The maximum Gasteiger partial charge on any atom is 0.0439 e. The summed E-state index contributed by atoms with van der Waals surface area (Å²) in [5, 5.41) is 1.50. The highest BCUT2D eigenvalue weighted by molar-refractivity contribution is 6.33. The van der Waals surface area contributed by atoms with E-state index in [1.54, 1.807) is 0 Å². The Morgan fingerprint density at radius 1 is 1.25 bits per heavy atom. The molecule has 2 N–H and O–H groups in total. The lowest BCUT2D eigenvalue weighted by molar-refractivity contribution is 0.246. The minimum atomic E-state index is 0.181. The van der Waals surface area contributed by atoms with Crippen LogP contribution in [0, 0.1) is 11.3 Å². The van der Waals surface area contributed by atoms with Crippen molar-refractivity contribution in [2.75, 3.05) is 6.54 Å². The monoisotopic (exact) mass is 259 g/mol. The Kier molecular flexibility index (Phi) is 4.66. The summed E-state index contributed by atoms with van der Waals surface area (Å²) < 4.78 is 0. The maximum absolute atomic E-state index is 6.15. The van der Waals surface area contributed by atoms with Crippen LogP contribution in [0.15, 0.2) is 18.2 Å². The first kappa shape index (κ1) is 13.8. The first-order valence-corrected chi connectivity index (χ1v) is 6.24. The lowest BCUT2D eigenvalue weighted by atomic mass is 9.77. The second kappa shape index (κ2) is 5.39. The van der Waals surface area contributed by atoms with Crippen molar-refractivity contribution in [3.8, 4) is 0 Å². The molecular weight excluding hydrogens is 241 g/mol. The van der Waals surface area contributed by atoms with Gasteiger partial charge in [-0.05, 0) is 48.1 Å². The van der Waals surface area contributed by atoms with Crippen LogP contribution in [0.1, 0.15) is 26.3 Å². The normalized spacial score (nSPS) is 13.9. The zero-order chi connectivity index (χ0) is 12.3. The van der Waals surface area contributed by atoms with E-state index in [9.17, 15) is 0 Å². The molecule has 3 heteroatoms. The lowest BCUT2D eigenvalue weighted by Crippen LogP contribution is -2.30. The van der Waals surface area contributed by atoms with Crippen molar-refractivity contribution in [1.29, 1.82) is 0 Å². The Bertz CT molecular complexity index is 355. The minimum absolute atomic E-state index is 0.181. The molecule has 0 aliphatic carbocycles. The molecule has 0 bridgehead atoms. The fraction of sp³-hybridized carbons (Fsp3) is 0.538. The Hall–Kier alpha value is -0.240. The molecule has 0 amide bonds.